The fraction of sp³-hybridized carbons (Fsp3) is 0.867. The summed E-state index contributed by atoms with van der Waals surface area (Å²) < 4.78 is 10.9. The fourth-order valence-corrected chi connectivity index (χ4v) is 3.33. The lowest BCUT2D eigenvalue weighted by Crippen LogP contribution is -2.46. The van der Waals surface area contributed by atoms with Crippen molar-refractivity contribution in [3.63, 3.8) is 0 Å². The maximum Gasteiger partial charge on any atom is 0.410 e. The summed E-state index contributed by atoms with van der Waals surface area (Å²) in [6, 6.07) is 0.156. The minimum Gasteiger partial charge on any atom is -0.462 e. The molecule has 0 N–H and O–H groups in total. The van der Waals surface area contributed by atoms with Crippen molar-refractivity contribution < 1.29 is 19.1 Å². The van der Waals surface area contributed by atoms with E-state index in [9.17, 15) is 9.59 Å². The first-order valence-corrected chi connectivity index (χ1v) is 7.45. The normalized spacial score (nSPS) is 29.8. The molecule has 114 valence electrons. The van der Waals surface area contributed by atoms with Gasteiger partial charge in [0.1, 0.15) is 11.7 Å². The van der Waals surface area contributed by atoms with Crippen LogP contribution in [0.2, 0.25) is 0 Å². The Bertz CT molecular complexity index is 388. The van der Waals surface area contributed by atoms with Gasteiger partial charge in [-0.2, -0.15) is 0 Å². The first-order valence-electron chi connectivity index (χ1n) is 7.45. The van der Waals surface area contributed by atoms with Gasteiger partial charge in [-0.1, -0.05) is 0 Å². The van der Waals surface area contributed by atoms with Crippen LogP contribution in [0, 0.1) is 5.92 Å². The number of amides is 1. The van der Waals surface area contributed by atoms with Crippen LogP contribution in [-0.4, -0.2) is 41.3 Å². The van der Waals surface area contributed by atoms with Crippen molar-refractivity contribution in [3.8, 4) is 0 Å². The fourth-order valence-electron chi connectivity index (χ4n) is 3.33. The van der Waals surface area contributed by atoms with Crippen LogP contribution in [0.15, 0.2) is 0 Å². The second kappa shape index (κ2) is 5.62. The van der Waals surface area contributed by atoms with E-state index < -0.39 is 5.60 Å². The Kier molecular flexibility index (Phi) is 4.25. The number of rotatable bonds is 1. The minimum absolute atomic E-state index is 0.0429. The molecule has 2 fully saturated rings. The standard InChI is InChI=1S/C15H25NO4/c1-10(17)19-13-7-5-6-12-11(13)8-9-16(12)14(18)20-15(2,3)4/h11-13H,5-9H2,1-4H3/t11-,12+,13-/m1/s1. The van der Waals surface area contributed by atoms with Crippen molar-refractivity contribution in [3.05, 3.63) is 0 Å². The number of nitrogens with zero attached hydrogens (tertiary/aromatic N) is 1. The molecule has 5 heteroatoms. The minimum atomic E-state index is -0.473. The summed E-state index contributed by atoms with van der Waals surface area (Å²) >= 11 is 0. The quantitative estimate of drug-likeness (QED) is 0.694. The lowest BCUT2D eigenvalue weighted by molar-refractivity contribution is -0.151. The Morgan fingerprint density at radius 2 is 1.85 bits per heavy atom. The Morgan fingerprint density at radius 3 is 2.45 bits per heavy atom. The summed E-state index contributed by atoms with van der Waals surface area (Å²) in [6.07, 6.45) is 3.47. The number of ether oxygens (including phenoxy) is 2. The van der Waals surface area contributed by atoms with Crippen LogP contribution in [-0.2, 0) is 14.3 Å². The van der Waals surface area contributed by atoms with Crippen molar-refractivity contribution in [2.24, 2.45) is 5.92 Å². The first kappa shape index (κ1) is 15.1. The molecular weight excluding hydrogens is 258 g/mol. The number of hydrogen-bond donors (Lipinski definition) is 0. The van der Waals surface area contributed by atoms with Gasteiger partial charge in [-0.05, 0) is 46.5 Å². The molecule has 1 saturated carbocycles. The highest BCUT2D eigenvalue weighted by molar-refractivity contribution is 5.69. The van der Waals surface area contributed by atoms with E-state index in [-0.39, 0.29) is 30.1 Å². The maximum atomic E-state index is 12.2. The molecule has 20 heavy (non-hydrogen) atoms. The van der Waals surface area contributed by atoms with Crippen molar-refractivity contribution in [2.75, 3.05) is 6.54 Å². The molecule has 0 aromatic carbocycles. The van der Waals surface area contributed by atoms with E-state index in [4.69, 9.17) is 9.47 Å². The second-order valence-electron chi connectivity index (χ2n) is 6.77. The summed E-state index contributed by atoms with van der Waals surface area (Å²) in [5.41, 5.74) is -0.473. The molecule has 2 aliphatic rings. The molecule has 0 spiro atoms. The van der Waals surface area contributed by atoms with Crippen LogP contribution in [0.4, 0.5) is 4.79 Å². The van der Waals surface area contributed by atoms with Gasteiger partial charge in [0.05, 0.1) is 0 Å². The summed E-state index contributed by atoms with van der Waals surface area (Å²) in [6.45, 7) is 7.77. The molecule has 1 heterocycles. The van der Waals surface area contributed by atoms with Crippen LogP contribution >= 0.6 is 0 Å². The smallest absolute Gasteiger partial charge is 0.410 e. The third kappa shape index (κ3) is 3.44. The SMILES string of the molecule is CC(=O)O[C@@H]1CCC[C@H]2[C@H]1CCN2C(=O)OC(C)(C)C. The van der Waals surface area contributed by atoms with E-state index in [2.05, 4.69) is 0 Å². The van der Waals surface area contributed by atoms with E-state index in [1.54, 1.807) is 0 Å². The monoisotopic (exact) mass is 283 g/mol. The van der Waals surface area contributed by atoms with Crippen molar-refractivity contribution in [1.82, 2.24) is 4.90 Å². The number of carbonyl (C=O) groups excluding carboxylic acids is 2. The highest BCUT2D eigenvalue weighted by atomic mass is 16.6. The number of esters is 1. The molecule has 5 nitrogen and oxygen atoms in total. The van der Waals surface area contributed by atoms with Gasteiger partial charge in [-0.15, -0.1) is 0 Å². The summed E-state index contributed by atoms with van der Waals surface area (Å²) in [5.74, 6) is 0.0338. The predicted octanol–water partition coefficient (Wildman–Crippen LogP) is 2.73. The molecule has 1 saturated heterocycles. The average Bonchev–Trinajstić information content (AvgIpc) is 2.70. The van der Waals surface area contributed by atoms with Crippen molar-refractivity contribution in [1.29, 1.82) is 0 Å². The van der Waals surface area contributed by atoms with Crippen molar-refractivity contribution >= 4 is 12.1 Å². The molecule has 0 radical (unpaired) electrons. The van der Waals surface area contributed by atoms with Crippen molar-refractivity contribution in [2.45, 2.75) is 71.1 Å². The van der Waals surface area contributed by atoms with Crippen LogP contribution in [0.1, 0.15) is 53.4 Å². The van der Waals surface area contributed by atoms with Crippen LogP contribution in [0.25, 0.3) is 0 Å². The van der Waals surface area contributed by atoms with E-state index in [1.807, 2.05) is 25.7 Å². The van der Waals surface area contributed by atoms with Gasteiger partial charge in [-0.25, -0.2) is 4.79 Å². The van der Waals surface area contributed by atoms with E-state index in [0.717, 1.165) is 25.7 Å². The number of fused-ring (bicyclic) bond motifs is 1. The third-order valence-corrected chi connectivity index (χ3v) is 4.01. The van der Waals surface area contributed by atoms with Crippen LogP contribution in [0.5, 0.6) is 0 Å². The molecule has 0 unspecified atom stereocenters. The summed E-state index contributed by atoms with van der Waals surface area (Å²) in [5, 5.41) is 0. The summed E-state index contributed by atoms with van der Waals surface area (Å²) in [4.78, 5) is 25.2. The lowest BCUT2D eigenvalue weighted by Gasteiger charge is -2.36. The molecule has 1 amide bonds. The van der Waals surface area contributed by atoms with E-state index in [0.29, 0.717) is 6.54 Å². The molecule has 0 aromatic rings. The molecule has 0 bridgehead atoms. The van der Waals surface area contributed by atoms with Gasteiger partial charge >= 0.3 is 12.1 Å². The molecule has 3 atom stereocenters. The topological polar surface area (TPSA) is 55.8 Å². The zero-order valence-electron chi connectivity index (χ0n) is 12.8. The van der Waals surface area contributed by atoms with Gasteiger partial charge in [0.25, 0.3) is 0 Å². The second-order valence-corrected chi connectivity index (χ2v) is 6.77. The van der Waals surface area contributed by atoms with Crippen LogP contribution in [0.3, 0.4) is 0 Å². The average molecular weight is 283 g/mol. The van der Waals surface area contributed by atoms with Gasteiger partial charge < -0.3 is 14.4 Å². The maximum absolute atomic E-state index is 12.2. The van der Waals surface area contributed by atoms with Crippen LogP contribution < -0.4 is 0 Å². The molecule has 1 aliphatic heterocycles. The van der Waals surface area contributed by atoms with E-state index in [1.165, 1.54) is 6.92 Å². The Balaban J connectivity index is 2.02. The third-order valence-electron chi connectivity index (χ3n) is 4.01. The van der Waals surface area contributed by atoms with Gasteiger partial charge in [0.15, 0.2) is 0 Å². The lowest BCUT2D eigenvalue weighted by atomic mass is 9.82. The summed E-state index contributed by atoms with van der Waals surface area (Å²) in [7, 11) is 0. The Hall–Kier alpha value is -1.26. The van der Waals surface area contributed by atoms with E-state index >= 15 is 0 Å². The Morgan fingerprint density at radius 1 is 1.15 bits per heavy atom. The zero-order chi connectivity index (χ0) is 14.9. The van der Waals surface area contributed by atoms with Gasteiger partial charge in [0.2, 0.25) is 0 Å². The highest BCUT2D eigenvalue weighted by Crippen LogP contribution is 2.38. The number of hydrogen-bond acceptors (Lipinski definition) is 4. The number of likely N-dealkylation sites (tertiary alicyclic amines) is 1. The zero-order valence-corrected chi connectivity index (χ0v) is 12.8. The molecular formula is C15H25NO4. The largest absolute Gasteiger partial charge is 0.462 e. The van der Waals surface area contributed by atoms with Gasteiger partial charge in [0, 0.05) is 25.4 Å². The molecule has 0 aromatic heterocycles. The molecule has 2 rings (SSSR count). The first-order chi connectivity index (χ1) is 9.28. The number of carbonyl (C=O) groups is 2. The highest BCUT2D eigenvalue weighted by Gasteiger charge is 2.45. The molecule has 1 aliphatic carbocycles. The van der Waals surface area contributed by atoms with Gasteiger partial charge in [-0.3, -0.25) is 4.79 Å². The Labute approximate surface area is 120 Å². The predicted molar refractivity (Wildman–Crippen MR) is 74.2 cm³/mol.